The molecular weight excluding hydrogens is 530 g/mol. The van der Waals surface area contributed by atoms with E-state index in [9.17, 15) is 14.0 Å². The van der Waals surface area contributed by atoms with E-state index in [-0.39, 0.29) is 36.0 Å². The third-order valence-electron chi connectivity index (χ3n) is 6.04. The van der Waals surface area contributed by atoms with Crippen LogP contribution in [0.4, 0.5) is 4.39 Å². The largest absolute Gasteiger partial charge is 0.352 e. The summed E-state index contributed by atoms with van der Waals surface area (Å²) >= 11 is 13.7. The third-order valence-corrected chi connectivity index (χ3v) is 7.59. The van der Waals surface area contributed by atoms with Gasteiger partial charge in [-0.15, -0.1) is 11.8 Å². The minimum absolute atomic E-state index is 0.0324. The lowest BCUT2D eigenvalue weighted by Gasteiger charge is -2.32. The summed E-state index contributed by atoms with van der Waals surface area (Å²) in [5.41, 5.74) is 2.57. The number of hydrogen-bond donors (Lipinski definition) is 1. The van der Waals surface area contributed by atoms with Crippen molar-refractivity contribution in [3.63, 3.8) is 0 Å². The average molecular weight is 562 g/mol. The molecular formula is C29H31Cl2FN2O2S. The molecule has 3 aromatic carbocycles. The van der Waals surface area contributed by atoms with Crippen molar-refractivity contribution >= 4 is 46.8 Å². The SMILES string of the molecule is CC[C@H](C)NC(=O)[C@@H](Cc1ccccc1)N(Cc1ccc(F)cc1)C(=O)CSCc1ccc(Cl)cc1Cl. The summed E-state index contributed by atoms with van der Waals surface area (Å²) < 4.78 is 13.6. The molecule has 0 radical (unpaired) electrons. The minimum atomic E-state index is -0.728. The number of benzene rings is 3. The quantitative estimate of drug-likeness (QED) is 0.261. The Hall–Kier alpha value is -2.54. The molecule has 0 bridgehead atoms. The van der Waals surface area contributed by atoms with Crippen LogP contribution in [-0.4, -0.2) is 34.6 Å². The molecule has 2 amide bonds. The number of nitrogens with one attached hydrogen (secondary N) is 1. The van der Waals surface area contributed by atoms with Crippen LogP contribution in [-0.2, 0) is 28.3 Å². The number of amides is 2. The molecule has 4 nitrogen and oxygen atoms in total. The van der Waals surface area contributed by atoms with Gasteiger partial charge in [0.05, 0.1) is 5.75 Å². The molecule has 0 saturated heterocycles. The van der Waals surface area contributed by atoms with Crippen molar-refractivity contribution in [2.75, 3.05) is 5.75 Å². The Morgan fingerprint density at radius 3 is 2.35 bits per heavy atom. The van der Waals surface area contributed by atoms with Gasteiger partial charge in [0.2, 0.25) is 11.8 Å². The van der Waals surface area contributed by atoms with Crippen LogP contribution in [0.1, 0.15) is 37.0 Å². The minimum Gasteiger partial charge on any atom is -0.352 e. The fourth-order valence-corrected chi connectivity index (χ4v) is 5.22. The van der Waals surface area contributed by atoms with Crippen molar-refractivity contribution in [3.8, 4) is 0 Å². The van der Waals surface area contributed by atoms with E-state index in [0.29, 0.717) is 22.2 Å². The van der Waals surface area contributed by atoms with Crippen LogP contribution in [0.15, 0.2) is 72.8 Å². The highest BCUT2D eigenvalue weighted by molar-refractivity contribution is 7.99. The average Bonchev–Trinajstić information content (AvgIpc) is 2.88. The number of halogens is 3. The van der Waals surface area contributed by atoms with Gasteiger partial charge in [0.1, 0.15) is 11.9 Å². The Balaban J connectivity index is 1.85. The second kappa shape index (κ2) is 14.4. The van der Waals surface area contributed by atoms with Gasteiger partial charge in [0, 0.05) is 34.8 Å². The lowest BCUT2D eigenvalue weighted by atomic mass is 10.0. The standard InChI is InChI=1S/C29H31Cl2FN2O2S/c1-3-20(2)33-29(36)27(15-21-7-5-4-6-8-21)34(17-22-9-13-25(32)14-10-22)28(35)19-37-18-23-11-12-24(30)16-26(23)31/h4-14,16,20,27H,3,15,17-19H2,1-2H3,(H,33,36)/t20-,27+/m0/s1. The first-order chi connectivity index (χ1) is 17.8. The molecule has 3 rings (SSSR count). The van der Waals surface area contributed by atoms with Gasteiger partial charge in [-0.25, -0.2) is 4.39 Å². The molecule has 37 heavy (non-hydrogen) atoms. The molecule has 1 N–H and O–H groups in total. The zero-order valence-corrected chi connectivity index (χ0v) is 23.3. The van der Waals surface area contributed by atoms with Crippen LogP contribution in [0.5, 0.6) is 0 Å². The molecule has 0 heterocycles. The fourth-order valence-electron chi connectivity index (χ4n) is 3.75. The van der Waals surface area contributed by atoms with Gasteiger partial charge in [0.25, 0.3) is 0 Å². The number of thioether (sulfide) groups is 1. The van der Waals surface area contributed by atoms with E-state index in [2.05, 4.69) is 5.32 Å². The normalized spacial score (nSPS) is 12.6. The summed E-state index contributed by atoms with van der Waals surface area (Å²) in [4.78, 5) is 28.7. The molecule has 0 spiro atoms. The number of rotatable bonds is 12. The van der Waals surface area contributed by atoms with E-state index >= 15 is 0 Å². The summed E-state index contributed by atoms with van der Waals surface area (Å²) in [5, 5.41) is 4.14. The van der Waals surface area contributed by atoms with Crippen LogP contribution in [0.2, 0.25) is 10.0 Å². The lowest BCUT2D eigenvalue weighted by Crippen LogP contribution is -2.52. The van der Waals surface area contributed by atoms with Crippen LogP contribution in [0.3, 0.4) is 0 Å². The van der Waals surface area contributed by atoms with Crippen LogP contribution >= 0.6 is 35.0 Å². The van der Waals surface area contributed by atoms with Gasteiger partial charge in [-0.3, -0.25) is 9.59 Å². The summed E-state index contributed by atoms with van der Waals surface area (Å²) in [6, 6.07) is 20.2. The Bertz CT molecular complexity index is 1180. The van der Waals surface area contributed by atoms with E-state index in [1.165, 1.54) is 23.9 Å². The van der Waals surface area contributed by atoms with Crippen molar-refractivity contribution in [1.82, 2.24) is 10.2 Å². The molecule has 8 heteroatoms. The van der Waals surface area contributed by atoms with E-state index in [0.717, 1.165) is 23.1 Å². The Kier molecular flexibility index (Phi) is 11.3. The van der Waals surface area contributed by atoms with E-state index in [1.54, 1.807) is 29.2 Å². The third kappa shape index (κ3) is 9.06. The summed E-state index contributed by atoms with van der Waals surface area (Å²) in [6.45, 7) is 4.12. The molecule has 0 aliphatic heterocycles. The maximum Gasteiger partial charge on any atom is 0.243 e. The maximum absolute atomic E-state index is 13.6. The van der Waals surface area contributed by atoms with Gasteiger partial charge in [-0.1, -0.05) is 78.7 Å². The van der Waals surface area contributed by atoms with Gasteiger partial charge < -0.3 is 10.2 Å². The smallest absolute Gasteiger partial charge is 0.243 e. The summed E-state index contributed by atoms with van der Waals surface area (Å²) in [6.07, 6.45) is 1.14. The molecule has 0 unspecified atom stereocenters. The van der Waals surface area contributed by atoms with Crippen molar-refractivity contribution in [2.45, 2.75) is 51.1 Å². The van der Waals surface area contributed by atoms with Gasteiger partial charge >= 0.3 is 0 Å². The lowest BCUT2D eigenvalue weighted by molar-refractivity contribution is -0.139. The highest BCUT2D eigenvalue weighted by Crippen LogP contribution is 2.25. The van der Waals surface area contributed by atoms with E-state index in [1.807, 2.05) is 50.2 Å². The number of carbonyl (C=O) groups is 2. The summed E-state index contributed by atoms with van der Waals surface area (Å²) in [7, 11) is 0. The molecule has 3 aromatic rings. The number of hydrogen-bond acceptors (Lipinski definition) is 3. The summed E-state index contributed by atoms with van der Waals surface area (Å²) in [5.74, 6) is -0.0669. The van der Waals surface area contributed by atoms with Crippen molar-refractivity contribution in [2.24, 2.45) is 0 Å². The van der Waals surface area contributed by atoms with Gasteiger partial charge in [-0.2, -0.15) is 0 Å². The topological polar surface area (TPSA) is 49.4 Å². The second-order valence-electron chi connectivity index (χ2n) is 8.90. The first-order valence-electron chi connectivity index (χ1n) is 12.2. The molecule has 0 aromatic heterocycles. The Labute approximate surface area is 232 Å². The molecule has 0 aliphatic rings. The number of carbonyl (C=O) groups excluding carboxylic acids is 2. The predicted octanol–water partition coefficient (Wildman–Crippen LogP) is 6.92. The fraction of sp³-hybridized carbons (Fsp3) is 0.310. The van der Waals surface area contributed by atoms with Crippen LogP contribution < -0.4 is 5.32 Å². The van der Waals surface area contributed by atoms with Crippen LogP contribution in [0.25, 0.3) is 0 Å². The molecule has 2 atom stereocenters. The van der Waals surface area contributed by atoms with E-state index in [4.69, 9.17) is 23.2 Å². The number of nitrogens with zero attached hydrogens (tertiary/aromatic N) is 1. The highest BCUT2D eigenvalue weighted by Gasteiger charge is 2.31. The van der Waals surface area contributed by atoms with Crippen molar-refractivity contribution in [1.29, 1.82) is 0 Å². The first kappa shape index (κ1) is 29.0. The zero-order valence-electron chi connectivity index (χ0n) is 20.9. The van der Waals surface area contributed by atoms with Gasteiger partial charge in [-0.05, 0) is 54.3 Å². The molecule has 0 saturated carbocycles. The molecule has 0 aliphatic carbocycles. The van der Waals surface area contributed by atoms with Gasteiger partial charge in [0.15, 0.2) is 0 Å². The maximum atomic E-state index is 13.6. The monoisotopic (exact) mass is 560 g/mol. The predicted molar refractivity (Wildman–Crippen MR) is 151 cm³/mol. The zero-order chi connectivity index (χ0) is 26.8. The Morgan fingerprint density at radius 1 is 1.00 bits per heavy atom. The van der Waals surface area contributed by atoms with Crippen molar-refractivity contribution in [3.05, 3.63) is 105 Å². The van der Waals surface area contributed by atoms with E-state index < -0.39 is 6.04 Å². The van der Waals surface area contributed by atoms with Crippen LogP contribution in [0, 0.1) is 5.82 Å². The first-order valence-corrected chi connectivity index (χ1v) is 14.1. The second-order valence-corrected chi connectivity index (χ2v) is 10.7. The molecule has 196 valence electrons. The van der Waals surface area contributed by atoms with Crippen molar-refractivity contribution < 1.29 is 14.0 Å². The molecule has 0 fully saturated rings. The Morgan fingerprint density at radius 2 is 1.70 bits per heavy atom. The highest BCUT2D eigenvalue weighted by atomic mass is 35.5.